The van der Waals surface area contributed by atoms with E-state index in [0.717, 1.165) is 0 Å². The smallest absolute Gasteiger partial charge is 0.322 e. The van der Waals surface area contributed by atoms with Crippen molar-refractivity contribution < 1.29 is 28.7 Å². The van der Waals surface area contributed by atoms with Crippen LogP contribution in [0.2, 0.25) is 0 Å². The standard InChI is InChI=1S/C37H38N4O6/c1-3-20-40-30-24-41(33(25-12-7-5-8-13-25)35(43)39-21-18-26(19-22-39)36(44)46-4-2)34(42)31(30)32(38-37(40)45)27-14-11-17-29(23-27)47-28-15-9-6-10-16-28/h3,5-17,23,26,32-33H,1,4,18-22,24H2,2H3,(H,38,45)/t32-,33+/m0/s1. The van der Waals surface area contributed by atoms with Crippen LogP contribution in [0.15, 0.2) is 109 Å². The van der Waals surface area contributed by atoms with Gasteiger partial charge in [-0.3, -0.25) is 19.3 Å². The molecule has 1 fully saturated rings. The van der Waals surface area contributed by atoms with Gasteiger partial charge in [-0.15, -0.1) is 6.58 Å². The zero-order chi connectivity index (χ0) is 32.9. The van der Waals surface area contributed by atoms with Crippen LogP contribution in [0.4, 0.5) is 4.79 Å². The van der Waals surface area contributed by atoms with Crippen LogP contribution in [0.25, 0.3) is 0 Å². The highest BCUT2D eigenvalue weighted by atomic mass is 16.5. The first kappa shape index (κ1) is 31.6. The number of carbonyl (C=O) groups is 4. The quantitative estimate of drug-likeness (QED) is 0.237. The number of nitrogens with zero attached hydrogens (tertiary/aromatic N) is 3. The molecule has 0 bridgehead atoms. The number of benzene rings is 3. The van der Waals surface area contributed by atoms with Crippen LogP contribution in [-0.4, -0.2) is 71.3 Å². The number of hydrogen-bond donors (Lipinski definition) is 1. The molecule has 3 aromatic carbocycles. The molecule has 0 unspecified atom stereocenters. The normalized spacial score (nSPS) is 18.8. The van der Waals surface area contributed by atoms with E-state index in [1.807, 2.05) is 84.9 Å². The molecule has 10 heteroatoms. The Morgan fingerprint density at radius 1 is 0.957 bits per heavy atom. The first-order chi connectivity index (χ1) is 22.9. The average Bonchev–Trinajstić information content (AvgIpc) is 3.43. The molecule has 0 radical (unpaired) electrons. The minimum absolute atomic E-state index is 0.0662. The van der Waals surface area contributed by atoms with Gasteiger partial charge in [-0.05, 0) is 55.2 Å². The van der Waals surface area contributed by atoms with E-state index in [0.29, 0.717) is 66.4 Å². The monoisotopic (exact) mass is 634 g/mol. The Morgan fingerprint density at radius 3 is 2.32 bits per heavy atom. The molecule has 1 saturated heterocycles. The first-order valence-corrected chi connectivity index (χ1v) is 16.0. The number of ether oxygens (including phenoxy) is 2. The topological polar surface area (TPSA) is 108 Å². The van der Waals surface area contributed by atoms with Crippen molar-refractivity contribution in [2.24, 2.45) is 5.92 Å². The van der Waals surface area contributed by atoms with E-state index in [1.165, 1.54) is 4.90 Å². The number of carbonyl (C=O) groups excluding carboxylic acids is 4. The minimum Gasteiger partial charge on any atom is -0.466 e. The van der Waals surface area contributed by atoms with Crippen molar-refractivity contribution in [1.29, 1.82) is 0 Å². The molecule has 3 aromatic rings. The number of para-hydroxylation sites is 1. The van der Waals surface area contributed by atoms with Gasteiger partial charge in [0, 0.05) is 19.6 Å². The third kappa shape index (κ3) is 6.49. The van der Waals surface area contributed by atoms with Crippen LogP contribution in [0.1, 0.15) is 43.0 Å². The lowest BCUT2D eigenvalue weighted by atomic mass is 9.94. The van der Waals surface area contributed by atoms with Crippen LogP contribution < -0.4 is 10.1 Å². The summed E-state index contributed by atoms with van der Waals surface area (Å²) in [5, 5.41) is 3.02. The molecule has 0 aromatic heterocycles. The number of likely N-dealkylation sites (tertiary alicyclic amines) is 1. The molecule has 0 aliphatic carbocycles. The molecular formula is C37H38N4O6. The van der Waals surface area contributed by atoms with Crippen LogP contribution in [-0.2, 0) is 19.1 Å². The van der Waals surface area contributed by atoms with E-state index >= 15 is 0 Å². The summed E-state index contributed by atoms with van der Waals surface area (Å²) >= 11 is 0. The molecule has 3 aliphatic heterocycles. The van der Waals surface area contributed by atoms with Crippen LogP contribution in [0.3, 0.4) is 0 Å². The third-order valence-corrected chi connectivity index (χ3v) is 8.82. The summed E-state index contributed by atoms with van der Waals surface area (Å²) in [6, 6.07) is 23.8. The molecule has 47 heavy (non-hydrogen) atoms. The Labute approximate surface area is 274 Å². The van der Waals surface area contributed by atoms with Gasteiger partial charge in [-0.2, -0.15) is 0 Å². The van der Waals surface area contributed by atoms with Crippen LogP contribution in [0.5, 0.6) is 11.5 Å². The number of piperidine rings is 1. The zero-order valence-corrected chi connectivity index (χ0v) is 26.3. The van der Waals surface area contributed by atoms with Crippen molar-refractivity contribution in [3.8, 4) is 11.5 Å². The second kappa shape index (κ2) is 13.9. The van der Waals surface area contributed by atoms with Gasteiger partial charge in [-0.25, -0.2) is 4.79 Å². The van der Waals surface area contributed by atoms with Crippen molar-refractivity contribution in [2.75, 3.05) is 32.8 Å². The molecule has 0 saturated carbocycles. The fourth-order valence-electron chi connectivity index (χ4n) is 6.54. The van der Waals surface area contributed by atoms with Gasteiger partial charge >= 0.3 is 12.0 Å². The van der Waals surface area contributed by atoms with Gasteiger partial charge < -0.3 is 24.6 Å². The lowest BCUT2D eigenvalue weighted by molar-refractivity contribution is -0.152. The summed E-state index contributed by atoms with van der Waals surface area (Å²) in [5.74, 6) is 0.156. The highest BCUT2D eigenvalue weighted by Crippen LogP contribution is 2.41. The van der Waals surface area contributed by atoms with Crippen molar-refractivity contribution in [3.63, 3.8) is 0 Å². The highest BCUT2D eigenvalue weighted by Gasteiger charge is 2.48. The van der Waals surface area contributed by atoms with Gasteiger partial charge in [0.1, 0.15) is 17.5 Å². The van der Waals surface area contributed by atoms with Crippen molar-refractivity contribution in [3.05, 3.63) is 120 Å². The Balaban J connectivity index is 1.32. The maximum absolute atomic E-state index is 14.6. The fraction of sp³-hybridized carbons (Fsp3) is 0.297. The molecule has 0 spiro atoms. The van der Waals surface area contributed by atoms with E-state index in [9.17, 15) is 19.2 Å². The van der Waals surface area contributed by atoms with Gasteiger partial charge in [0.2, 0.25) is 5.91 Å². The van der Waals surface area contributed by atoms with E-state index < -0.39 is 12.1 Å². The molecule has 6 rings (SSSR count). The highest BCUT2D eigenvalue weighted by molar-refractivity contribution is 6.04. The number of rotatable bonds is 10. The Morgan fingerprint density at radius 2 is 1.64 bits per heavy atom. The lowest BCUT2D eigenvalue weighted by Crippen LogP contribution is -2.48. The van der Waals surface area contributed by atoms with Gasteiger partial charge in [0.15, 0.2) is 0 Å². The summed E-state index contributed by atoms with van der Waals surface area (Å²) < 4.78 is 11.3. The summed E-state index contributed by atoms with van der Waals surface area (Å²) in [6.45, 7) is 6.92. The SMILES string of the molecule is C=CCN1C(=O)N[C@@H](c2cccc(Oc3ccccc3)c2)C2=C1CN([C@@H](C(=O)N1CCC(C(=O)OCC)CC1)c1ccccc1)C2=O. The number of urea groups is 1. The van der Waals surface area contributed by atoms with Gasteiger partial charge in [0.05, 0.1) is 36.4 Å². The molecule has 4 amide bonds. The Bertz CT molecular complexity index is 1680. The predicted octanol–water partition coefficient (Wildman–Crippen LogP) is 5.37. The Kier molecular flexibility index (Phi) is 9.37. The maximum Gasteiger partial charge on any atom is 0.322 e. The molecule has 2 atom stereocenters. The Hall–Kier alpha value is -5.38. The van der Waals surface area contributed by atoms with E-state index in [-0.39, 0.29) is 42.8 Å². The summed E-state index contributed by atoms with van der Waals surface area (Å²) in [6.07, 6.45) is 2.59. The molecular weight excluding hydrogens is 596 g/mol. The van der Waals surface area contributed by atoms with Gasteiger partial charge in [-0.1, -0.05) is 66.7 Å². The molecule has 242 valence electrons. The summed E-state index contributed by atoms with van der Waals surface area (Å²) in [4.78, 5) is 59.6. The number of nitrogens with one attached hydrogen (secondary N) is 1. The minimum atomic E-state index is -0.928. The predicted molar refractivity (Wildman–Crippen MR) is 175 cm³/mol. The van der Waals surface area contributed by atoms with E-state index in [1.54, 1.807) is 22.8 Å². The van der Waals surface area contributed by atoms with Crippen molar-refractivity contribution in [2.45, 2.75) is 31.8 Å². The third-order valence-electron chi connectivity index (χ3n) is 8.82. The van der Waals surface area contributed by atoms with E-state index in [4.69, 9.17) is 9.47 Å². The van der Waals surface area contributed by atoms with Crippen LogP contribution in [0, 0.1) is 5.92 Å². The number of esters is 1. The largest absolute Gasteiger partial charge is 0.466 e. The van der Waals surface area contributed by atoms with Crippen molar-refractivity contribution >= 4 is 23.8 Å². The molecule has 3 heterocycles. The van der Waals surface area contributed by atoms with Crippen LogP contribution >= 0.6 is 0 Å². The summed E-state index contributed by atoms with van der Waals surface area (Å²) in [7, 11) is 0. The molecule has 3 aliphatic rings. The summed E-state index contributed by atoms with van der Waals surface area (Å²) in [5.41, 5.74) is 2.28. The van der Waals surface area contributed by atoms with E-state index in [2.05, 4.69) is 11.9 Å². The average molecular weight is 635 g/mol. The number of amides is 4. The molecule has 1 N–H and O–H groups in total. The zero-order valence-electron chi connectivity index (χ0n) is 26.3. The first-order valence-electron chi connectivity index (χ1n) is 16.0. The second-order valence-corrected chi connectivity index (χ2v) is 11.7. The van der Waals surface area contributed by atoms with Crippen molar-refractivity contribution in [1.82, 2.24) is 20.0 Å². The number of hydrogen-bond acceptors (Lipinski definition) is 6. The molecule has 10 nitrogen and oxygen atoms in total. The fourth-order valence-corrected chi connectivity index (χ4v) is 6.54. The maximum atomic E-state index is 14.6. The lowest BCUT2D eigenvalue weighted by Gasteiger charge is -2.36. The van der Waals surface area contributed by atoms with Gasteiger partial charge in [0.25, 0.3) is 5.91 Å². The second-order valence-electron chi connectivity index (χ2n) is 11.7.